The van der Waals surface area contributed by atoms with E-state index in [1.807, 2.05) is 0 Å². The number of benzene rings is 1. The van der Waals surface area contributed by atoms with Gasteiger partial charge in [0.25, 0.3) is 0 Å². The van der Waals surface area contributed by atoms with E-state index >= 15 is 0 Å². The molecule has 1 aromatic heterocycles. The SMILES string of the molecule is [2H]c1cc(-c2ccc(C([2H])([2H])[2H])cn2)c([2H])c([2H])c1[2H]. The van der Waals surface area contributed by atoms with Gasteiger partial charge in [0.15, 0.2) is 0 Å². The van der Waals surface area contributed by atoms with Gasteiger partial charge in [-0.1, -0.05) is 36.3 Å². The Balaban J connectivity index is 2.53. The summed E-state index contributed by atoms with van der Waals surface area (Å²) in [6, 6.07) is 3.11. The van der Waals surface area contributed by atoms with Crippen LogP contribution in [0.1, 0.15) is 15.2 Å². The number of aromatic nitrogens is 1. The normalized spacial score (nSPS) is 18.6. The van der Waals surface area contributed by atoms with Gasteiger partial charge < -0.3 is 0 Å². The van der Waals surface area contributed by atoms with Crippen molar-refractivity contribution in [2.45, 2.75) is 6.85 Å². The van der Waals surface area contributed by atoms with Crippen molar-refractivity contribution in [3.05, 3.63) is 54.1 Å². The molecule has 0 N–H and O–H groups in total. The maximum atomic E-state index is 7.80. The van der Waals surface area contributed by atoms with E-state index in [1.165, 1.54) is 24.4 Å². The highest BCUT2D eigenvalue weighted by Crippen LogP contribution is 2.15. The van der Waals surface area contributed by atoms with Gasteiger partial charge in [-0.15, -0.1) is 0 Å². The molecule has 0 amide bonds. The van der Waals surface area contributed by atoms with Crippen molar-refractivity contribution in [1.29, 1.82) is 0 Å². The number of rotatable bonds is 1. The third-order valence-electron chi connectivity index (χ3n) is 1.59. The van der Waals surface area contributed by atoms with Gasteiger partial charge in [0.05, 0.1) is 11.2 Å². The van der Waals surface area contributed by atoms with Gasteiger partial charge in [-0.05, 0) is 18.5 Å². The lowest BCUT2D eigenvalue weighted by atomic mass is 10.1. The lowest BCUT2D eigenvalue weighted by molar-refractivity contribution is 1.27. The van der Waals surface area contributed by atoms with Crippen LogP contribution in [-0.4, -0.2) is 4.98 Å². The first-order valence-electron chi connectivity index (χ1n) is 7.26. The average Bonchev–Trinajstić information content (AvgIpc) is 2.40. The van der Waals surface area contributed by atoms with Crippen molar-refractivity contribution in [2.75, 3.05) is 0 Å². The molecule has 0 spiro atoms. The first-order chi connectivity index (χ1) is 9.21. The number of aryl methyl sites for hydroxylation is 1. The Labute approximate surface area is 87.9 Å². The quantitative estimate of drug-likeness (QED) is 0.650. The molecule has 64 valence electrons. The molecule has 0 fully saturated rings. The molecule has 1 nitrogen and oxygen atoms in total. The van der Waals surface area contributed by atoms with E-state index in [2.05, 4.69) is 4.98 Å². The minimum atomic E-state index is -2.25. The van der Waals surface area contributed by atoms with E-state index in [9.17, 15) is 0 Å². The molecular weight excluding hydrogens is 158 g/mol. The van der Waals surface area contributed by atoms with Crippen LogP contribution in [0.25, 0.3) is 11.3 Å². The zero-order chi connectivity index (χ0) is 15.1. The number of hydrogen-bond donors (Lipinski definition) is 0. The maximum Gasteiger partial charge on any atom is 0.0702 e. The Morgan fingerprint density at radius 1 is 1.23 bits per heavy atom. The largest absolute Gasteiger partial charge is 0.256 e. The van der Waals surface area contributed by atoms with Crippen LogP contribution in [0.4, 0.5) is 0 Å². The third-order valence-corrected chi connectivity index (χ3v) is 1.59. The van der Waals surface area contributed by atoms with Gasteiger partial charge in [-0.3, -0.25) is 4.98 Å². The average molecular weight is 176 g/mol. The van der Waals surface area contributed by atoms with Crippen molar-refractivity contribution in [2.24, 2.45) is 0 Å². The van der Waals surface area contributed by atoms with Gasteiger partial charge in [-0.2, -0.15) is 0 Å². The molecule has 2 aromatic rings. The zero-order valence-corrected chi connectivity index (χ0v) is 6.76. The minimum absolute atomic E-state index is 0.0853. The fraction of sp³-hybridized carbons (Fsp3) is 0.0833. The molecule has 0 saturated carbocycles. The topological polar surface area (TPSA) is 12.9 Å². The molecule has 1 aromatic carbocycles. The summed E-state index contributed by atoms with van der Waals surface area (Å²) in [5, 5.41) is 0. The van der Waals surface area contributed by atoms with Crippen molar-refractivity contribution >= 4 is 0 Å². The van der Waals surface area contributed by atoms with Crippen molar-refractivity contribution in [1.82, 2.24) is 4.98 Å². The molecule has 0 aliphatic heterocycles. The molecule has 0 radical (unpaired) electrons. The standard InChI is InChI=1S/C12H11N/c1-10-7-8-12(13-9-10)11-5-3-2-4-6-11/h2-9H,1H3/i1D3,2D,3D,4D,5D. The van der Waals surface area contributed by atoms with Crippen LogP contribution >= 0.6 is 0 Å². The van der Waals surface area contributed by atoms with Crippen LogP contribution in [0.15, 0.2) is 48.6 Å². The van der Waals surface area contributed by atoms with Gasteiger partial charge in [0, 0.05) is 15.9 Å². The molecule has 0 aliphatic carbocycles. The highest BCUT2D eigenvalue weighted by Gasteiger charge is 1.95. The number of hydrogen-bond acceptors (Lipinski definition) is 1. The molecule has 13 heavy (non-hydrogen) atoms. The summed E-state index contributed by atoms with van der Waals surface area (Å²) in [6.45, 7) is -2.25. The second-order valence-electron chi connectivity index (χ2n) is 2.51. The fourth-order valence-electron chi connectivity index (χ4n) is 0.970. The van der Waals surface area contributed by atoms with Crippen molar-refractivity contribution < 1.29 is 9.60 Å². The smallest absolute Gasteiger partial charge is 0.0702 e. The Morgan fingerprint density at radius 3 is 3.00 bits per heavy atom. The van der Waals surface area contributed by atoms with Crippen LogP contribution in [-0.2, 0) is 0 Å². The van der Waals surface area contributed by atoms with Crippen LogP contribution in [0.3, 0.4) is 0 Å². The number of pyridine rings is 1. The molecule has 1 heteroatoms. The fourth-order valence-corrected chi connectivity index (χ4v) is 0.970. The lowest BCUT2D eigenvalue weighted by Crippen LogP contribution is -1.82. The summed E-state index contributed by atoms with van der Waals surface area (Å²) < 4.78 is 52.2. The van der Waals surface area contributed by atoms with Gasteiger partial charge >= 0.3 is 0 Å². The van der Waals surface area contributed by atoms with Crippen LogP contribution in [0.5, 0.6) is 0 Å². The summed E-state index contributed by atoms with van der Waals surface area (Å²) >= 11 is 0. The second-order valence-corrected chi connectivity index (χ2v) is 2.51. The van der Waals surface area contributed by atoms with Gasteiger partial charge in [-0.25, -0.2) is 0 Å². The van der Waals surface area contributed by atoms with E-state index in [1.54, 1.807) is 0 Å². The second kappa shape index (κ2) is 3.40. The van der Waals surface area contributed by atoms with Crippen molar-refractivity contribution in [3.63, 3.8) is 0 Å². The Bertz CT molecular complexity index is 646. The molecular formula is C12H11N. The van der Waals surface area contributed by atoms with E-state index in [0.717, 1.165) is 0 Å². The predicted molar refractivity (Wildman–Crippen MR) is 54.4 cm³/mol. The molecule has 0 saturated heterocycles. The molecule has 0 atom stereocenters. The van der Waals surface area contributed by atoms with Crippen LogP contribution < -0.4 is 0 Å². The highest BCUT2D eigenvalue weighted by molar-refractivity contribution is 5.58. The summed E-state index contributed by atoms with van der Waals surface area (Å²) in [5.74, 6) is 0. The first-order valence-corrected chi connectivity index (χ1v) is 3.76. The first kappa shape index (κ1) is 3.26. The highest BCUT2D eigenvalue weighted by atomic mass is 14.7. The molecule has 0 aliphatic rings. The lowest BCUT2D eigenvalue weighted by Gasteiger charge is -1.99. The monoisotopic (exact) mass is 176 g/mol. The van der Waals surface area contributed by atoms with E-state index < -0.39 is 6.85 Å². The van der Waals surface area contributed by atoms with E-state index in [0.29, 0.717) is 5.69 Å². The summed E-state index contributed by atoms with van der Waals surface area (Å²) in [4.78, 5) is 3.98. The summed E-state index contributed by atoms with van der Waals surface area (Å²) in [7, 11) is 0. The molecule has 2 rings (SSSR count). The Morgan fingerprint density at radius 2 is 2.23 bits per heavy atom. The molecule has 0 bridgehead atoms. The van der Waals surface area contributed by atoms with E-state index in [4.69, 9.17) is 9.60 Å². The molecule has 1 heterocycles. The Hall–Kier alpha value is -1.63. The minimum Gasteiger partial charge on any atom is -0.256 e. The summed E-state index contributed by atoms with van der Waals surface area (Å²) in [5.41, 5.74) is 0.639. The van der Waals surface area contributed by atoms with Gasteiger partial charge in [0.2, 0.25) is 0 Å². The van der Waals surface area contributed by atoms with Crippen molar-refractivity contribution in [3.8, 4) is 11.3 Å². The van der Waals surface area contributed by atoms with E-state index in [-0.39, 0.29) is 35.3 Å². The summed E-state index contributed by atoms with van der Waals surface area (Å²) in [6.07, 6.45) is 1.20. The van der Waals surface area contributed by atoms with Crippen LogP contribution in [0.2, 0.25) is 0 Å². The maximum absolute atomic E-state index is 7.80. The third kappa shape index (κ3) is 1.75. The van der Waals surface area contributed by atoms with Gasteiger partial charge in [0.1, 0.15) is 0 Å². The Kier molecular flexibility index (Phi) is 0.852. The van der Waals surface area contributed by atoms with Crippen LogP contribution in [0, 0.1) is 6.85 Å². The molecule has 0 unspecified atom stereocenters. The number of nitrogens with zero attached hydrogens (tertiary/aromatic N) is 1. The zero-order valence-electron chi connectivity index (χ0n) is 13.8. The predicted octanol–water partition coefficient (Wildman–Crippen LogP) is 3.06.